The number of fused-ring (bicyclic) bond motifs is 1. The van der Waals surface area contributed by atoms with Gasteiger partial charge >= 0.3 is 0 Å². The van der Waals surface area contributed by atoms with Gasteiger partial charge in [-0.3, -0.25) is 4.98 Å². The summed E-state index contributed by atoms with van der Waals surface area (Å²) in [5.74, 6) is 0. The van der Waals surface area contributed by atoms with Gasteiger partial charge in [0.2, 0.25) is 0 Å². The largest absolute Gasteiger partial charge is 0.399 e. The molecule has 2 aromatic rings. The lowest BCUT2D eigenvalue weighted by atomic mass is 10.1. The van der Waals surface area contributed by atoms with Crippen LogP contribution in [0.3, 0.4) is 0 Å². The number of nitrogen functional groups attached to an aromatic ring is 1. The van der Waals surface area contributed by atoms with Crippen molar-refractivity contribution in [3.63, 3.8) is 0 Å². The fourth-order valence-electron chi connectivity index (χ4n) is 2.99. The molecule has 20 heavy (non-hydrogen) atoms. The van der Waals surface area contributed by atoms with Crippen molar-refractivity contribution in [1.29, 1.82) is 0 Å². The average molecular weight is 271 g/mol. The summed E-state index contributed by atoms with van der Waals surface area (Å²) in [4.78, 5) is 6.98. The van der Waals surface area contributed by atoms with E-state index in [0.29, 0.717) is 0 Å². The van der Waals surface area contributed by atoms with E-state index in [1.54, 1.807) is 0 Å². The Bertz CT molecular complexity index is 631. The summed E-state index contributed by atoms with van der Waals surface area (Å²) in [6, 6.07) is 8.06. The molecule has 1 fully saturated rings. The van der Waals surface area contributed by atoms with E-state index in [0.717, 1.165) is 35.4 Å². The molecule has 2 heterocycles. The Morgan fingerprint density at radius 3 is 2.60 bits per heavy atom. The molecule has 1 saturated heterocycles. The monoisotopic (exact) mass is 271 g/mol. The Morgan fingerprint density at radius 1 is 1.20 bits per heavy atom. The van der Waals surface area contributed by atoms with Gasteiger partial charge in [0.1, 0.15) is 0 Å². The highest BCUT2D eigenvalue weighted by atomic mass is 16.5. The summed E-state index contributed by atoms with van der Waals surface area (Å²) in [6.45, 7) is 8.07. The molecule has 0 bridgehead atoms. The molecule has 0 amide bonds. The minimum absolute atomic E-state index is 0.239. The van der Waals surface area contributed by atoms with Crippen molar-refractivity contribution in [3.05, 3.63) is 30.0 Å². The van der Waals surface area contributed by atoms with Crippen LogP contribution in [0, 0.1) is 6.92 Å². The molecule has 1 aliphatic rings. The van der Waals surface area contributed by atoms with Gasteiger partial charge in [0.15, 0.2) is 0 Å². The first-order valence-corrected chi connectivity index (χ1v) is 7.10. The summed E-state index contributed by atoms with van der Waals surface area (Å²) in [6.07, 6.45) is 0.478. The highest BCUT2D eigenvalue weighted by Gasteiger charge is 2.24. The molecule has 4 heteroatoms. The maximum Gasteiger partial charge on any atom is 0.0727 e. The Balaban J connectivity index is 2.12. The Hall–Kier alpha value is -1.81. The molecule has 0 spiro atoms. The summed E-state index contributed by atoms with van der Waals surface area (Å²) in [5, 5.41) is 1.12. The van der Waals surface area contributed by atoms with E-state index in [1.807, 2.05) is 25.1 Å². The highest BCUT2D eigenvalue weighted by molar-refractivity contribution is 5.94. The summed E-state index contributed by atoms with van der Waals surface area (Å²) in [5.41, 5.74) is 9.96. The van der Waals surface area contributed by atoms with E-state index in [9.17, 15) is 0 Å². The maximum atomic E-state index is 5.94. The average Bonchev–Trinajstić information content (AvgIpc) is 2.37. The van der Waals surface area contributed by atoms with Crippen LogP contribution in [-0.4, -0.2) is 30.3 Å². The molecule has 0 aliphatic carbocycles. The van der Waals surface area contributed by atoms with Gasteiger partial charge < -0.3 is 15.4 Å². The maximum absolute atomic E-state index is 5.94. The Morgan fingerprint density at radius 2 is 1.90 bits per heavy atom. The van der Waals surface area contributed by atoms with E-state index >= 15 is 0 Å². The van der Waals surface area contributed by atoms with Gasteiger partial charge in [-0.25, -0.2) is 0 Å². The first-order chi connectivity index (χ1) is 9.52. The number of ether oxygens (including phenoxy) is 1. The van der Waals surface area contributed by atoms with Crippen molar-refractivity contribution in [1.82, 2.24) is 4.98 Å². The second kappa shape index (κ2) is 4.94. The van der Waals surface area contributed by atoms with Crippen LogP contribution < -0.4 is 10.6 Å². The highest BCUT2D eigenvalue weighted by Crippen LogP contribution is 2.30. The van der Waals surface area contributed by atoms with Crippen LogP contribution in [0.25, 0.3) is 10.9 Å². The number of aromatic nitrogens is 1. The lowest BCUT2D eigenvalue weighted by Gasteiger charge is -2.37. The van der Waals surface area contributed by atoms with Crippen LogP contribution in [0.2, 0.25) is 0 Å². The lowest BCUT2D eigenvalue weighted by molar-refractivity contribution is -0.00513. The van der Waals surface area contributed by atoms with E-state index < -0.39 is 0 Å². The number of hydrogen-bond acceptors (Lipinski definition) is 4. The van der Waals surface area contributed by atoms with E-state index in [1.165, 1.54) is 5.69 Å². The first-order valence-electron chi connectivity index (χ1n) is 7.10. The molecule has 0 radical (unpaired) electrons. The minimum atomic E-state index is 0.239. The molecule has 1 aromatic heterocycles. The van der Waals surface area contributed by atoms with Crippen LogP contribution in [0.15, 0.2) is 24.3 Å². The zero-order valence-corrected chi connectivity index (χ0v) is 12.3. The lowest BCUT2D eigenvalue weighted by Crippen LogP contribution is -2.45. The molecule has 2 atom stereocenters. The summed E-state index contributed by atoms with van der Waals surface area (Å²) >= 11 is 0. The van der Waals surface area contributed by atoms with Crippen molar-refractivity contribution >= 4 is 22.3 Å². The van der Waals surface area contributed by atoms with Crippen LogP contribution in [-0.2, 0) is 4.74 Å². The topological polar surface area (TPSA) is 51.4 Å². The number of benzene rings is 1. The molecule has 2 N–H and O–H groups in total. The summed E-state index contributed by atoms with van der Waals surface area (Å²) < 4.78 is 5.82. The van der Waals surface area contributed by atoms with Crippen LogP contribution in [0.5, 0.6) is 0 Å². The van der Waals surface area contributed by atoms with Crippen molar-refractivity contribution in [2.24, 2.45) is 0 Å². The third kappa shape index (κ3) is 2.43. The molecule has 4 nitrogen and oxygen atoms in total. The summed E-state index contributed by atoms with van der Waals surface area (Å²) in [7, 11) is 0. The number of morpholine rings is 1. The molecule has 0 saturated carbocycles. The van der Waals surface area contributed by atoms with Gasteiger partial charge in [0.25, 0.3) is 0 Å². The normalized spacial score (nSPS) is 23.2. The number of rotatable bonds is 1. The van der Waals surface area contributed by atoms with Gasteiger partial charge in [-0.05, 0) is 45.0 Å². The number of nitrogens with two attached hydrogens (primary N) is 1. The van der Waals surface area contributed by atoms with Gasteiger partial charge in [0.05, 0.1) is 17.7 Å². The fourth-order valence-corrected chi connectivity index (χ4v) is 2.99. The fraction of sp³-hybridized carbons (Fsp3) is 0.438. The van der Waals surface area contributed by atoms with E-state index in [-0.39, 0.29) is 12.2 Å². The second-order valence-corrected chi connectivity index (χ2v) is 5.72. The van der Waals surface area contributed by atoms with Crippen molar-refractivity contribution < 1.29 is 4.74 Å². The Labute approximate surface area is 119 Å². The molecular formula is C16H21N3O. The van der Waals surface area contributed by atoms with Gasteiger partial charge in [-0.2, -0.15) is 0 Å². The van der Waals surface area contributed by atoms with Gasteiger partial charge in [-0.15, -0.1) is 0 Å². The van der Waals surface area contributed by atoms with E-state index in [4.69, 9.17) is 10.5 Å². The molecular weight excluding hydrogens is 250 g/mol. The van der Waals surface area contributed by atoms with Crippen molar-refractivity contribution in [2.75, 3.05) is 23.7 Å². The first kappa shape index (κ1) is 13.2. The standard InChI is InChI=1S/C16H21N3O/c1-10-6-16(19-8-11(2)20-12(3)9-19)14-7-13(17)4-5-15(14)18-10/h4-7,11-12H,8-9,17H2,1-3H3/t11-,12+. The number of aryl methyl sites for hydroxylation is 1. The van der Waals surface area contributed by atoms with E-state index in [2.05, 4.69) is 29.8 Å². The third-order valence-electron chi connectivity index (χ3n) is 3.70. The quantitative estimate of drug-likeness (QED) is 0.810. The SMILES string of the molecule is Cc1cc(N2C[C@@H](C)O[C@@H](C)C2)c2cc(N)ccc2n1. The van der Waals surface area contributed by atoms with Gasteiger partial charge in [0, 0.05) is 35.5 Å². The molecule has 106 valence electrons. The number of anilines is 2. The smallest absolute Gasteiger partial charge is 0.0727 e. The van der Waals surface area contributed by atoms with Gasteiger partial charge in [-0.1, -0.05) is 0 Å². The number of pyridine rings is 1. The zero-order valence-electron chi connectivity index (χ0n) is 12.3. The molecule has 1 aromatic carbocycles. The minimum Gasteiger partial charge on any atom is -0.399 e. The number of hydrogen-bond donors (Lipinski definition) is 1. The molecule has 1 aliphatic heterocycles. The third-order valence-corrected chi connectivity index (χ3v) is 3.70. The van der Waals surface area contributed by atoms with Crippen molar-refractivity contribution in [3.8, 4) is 0 Å². The number of nitrogens with zero attached hydrogens (tertiary/aromatic N) is 2. The molecule has 3 rings (SSSR count). The molecule has 0 unspecified atom stereocenters. The predicted molar refractivity (Wildman–Crippen MR) is 83.1 cm³/mol. The second-order valence-electron chi connectivity index (χ2n) is 5.72. The van der Waals surface area contributed by atoms with Crippen LogP contribution >= 0.6 is 0 Å². The van der Waals surface area contributed by atoms with Crippen LogP contribution in [0.4, 0.5) is 11.4 Å². The predicted octanol–water partition coefficient (Wildman–Crippen LogP) is 2.74. The van der Waals surface area contributed by atoms with Crippen LogP contribution in [0.1, 0.15) is 19.5 Å². The Kier molecular flexibility index (Phi) is 3.26. The van der Waals surface area contributed by atoms with Crippen molar-refractivity contribution in [2.45, 2.75) is 33.0 Å². The zero-order chi connectivity index (χ0) is 14.3.